The molecule has 0 heterocycles. The van der Waals surface area contributed by atoms with E-state index in [1.165, 1.54) is 5.56 Å². The fourth-order valence-corrected chi connectivity index (χ4v) is 1.36. The third kappa shape index (κ3) is 4.26. The molecule has 2 nitrogen and oxygen atoms in total. The maximum Gasteiger partial charge on any atom is 0.148 e. The number of hydrogen-bond acceptors (Lipinski definition) is 2. The summed E-state index contributed by atoms with van der Waals surface area (Å²) >= 11 is 0. The second kappa shape index (κ2) is 6.36. The van der Waals surface area contributed by atoms with E-state index in [4.69, 9.17) is 4.74 Å². The van der Waals surface area contributed by atoms with Crippen molar-refractivity contribution >= 4 is 6.29 Å². The number of rotatable bonds is 6. The number of benzene rings is 1. The normalized spacial score (nSPS) is 12.4. The highest BCUT2D eigenvalue weighted by Crippen LogP contribution is 2.07. The molecule has 1 atom stereocenters. The van der Waals surface area contributed by atoms with Crippen LogP contribution in [-0.4, -0.2) is 12.4 Å². The summed E-state index contributed by atoms with van der Waals surface area (Å²) in [6, 6.07) is 8.16. The van der Waals surface area contributed by atoms with Crippen molar-refractivity contribution in [3.63, 3.8) is 0 Å². The second-order valence-electron chi connectivity index (χ2n) is 3.76. The molecule has 1 aromatic rings. The van der Waals surface area contributed by atoms with E-state index in [0.29, 0.717) is 6.61 Å². The topological polar surface area (TPSA) is 26.3 Å². The summed E-state index contributed by atoms with van der Waals surface area (Å²) < 4.78 is 5.49. The molecule has 15 heavy (non-hydrogen) atoms. The predicted molar refractivity (Wildman–Crippen MR) is 60.7 cm³/mol. The lowest BCUT2D eigenvalue weighted by Gasteiger charge is -2.10. The molecule has 0 bridgehead atoms. The molecule has 0 fully saturated rings. The SMILES string of the molecule is CCCC(C=O)OCc1ccc(C)cc1. The average Bonchev–Trinajstić information content (AvgIpc) is 2.26. The van der Waals surface area contributed by atoms with Gasteiger partial charge in [-0.25, -0.2) is 0 Å². The largest absolute Gasteiger partial charge is 0.366 e. The van der Waals surface area contributed by atoms with Crippen LogP contribution < -0.4 is 0 Å². The van der Waals surface area contributed by atoms with Crippen LogP contribution in [0.3, 0.4) is 0 Å². The average molecular weight is 206 g/mol. The Morgan fingerprint density at radius 3 is 2.53 bits per heavy atom. The number of aldehydes is 1. The molecule has 0 amide bonds. The van der Waals surface area contributed by atoms with E-state index in [9.17, 15) is 4.79 Å². The maximum atomic E-state index is 10.6. The van der Waals surface area contributed by atoms with Crippen molar-refractivity contribution in [2.24, 2.45) is 0 Å². The highest BCUT2D eigenvalue weighted by atomic mass is 16.5. The molecule has 0 aliphatic heterocycles. The zero-order valence-electron chi connectivity index (χ0n) is 9.40. The monoisotopic (exact) mass is 206 g/mol. The van der Waals surface area contributed by atoms with Gasteiger partial charge in [-0.05, 0) is 18.9 Å². The first kappa shape index (κ1) is 11.9. The number of ether oxygens (including phenoxy) is 1. The van der Waals surface area contributed by atoms with E-state index in [-0.39, 0.29) is 6.10 Å². The third-order valence-electron chi connectivity index (χ3n) is 2.31. The van der Waals surface area contributed by atoms with Crippen molar-refractivity contribution in [3.8, 4) is 0 Å². The van der Waals surface area contributed by atoms with E-state index in [0.717, 1.165) is 24.7 Å². The zero-order valence-corrected chi connectivity index (χ0v) is 9.40. The summed E-state index contributed by atoms with van der Waals surface area (Å²) in [7, 11) is 0. The summed E-state index contributed by atoms with van der Waals surface area (Å²) in [5, 5.41) is 0. The van der Waals surface area contributed by atoms with Gasteiger partial charge in [-0.1, -0.05) is 43.2 Å². The lowest BCUT2D eigenvalue weighted by Crippen LogP contribution is -2.13. The van der Waals surface area contributed by atoms with Crippen molar-refractivity contribution in [1.29, 1.82) is 0 Å². The maximum absolute atomic E-state index is 10.6. The number of carbonyl (C=O) groups excluding carboxylic acids is 1. The first-order valence-electron chi connectivity index (χ1n) is 5.38. The van der Waals surface area contributed by atoms with E-state index in [1.807, 2.05) is 19.1 Å². The van der Waals surface area contributed by atoms with Crippen molar-refractivity contribution in [3.05, 3.63) is 35.4 Å². The first-order chi connectivity index (χ1) is 7.26. The molecule has 0 aliphatic rings. The van der Waals surface area contributed by atoms with Gasteiger partial charge in [0.1, 0.15) is 12.4 Å². The Labute approximate surface area is 91.3 Å². The van der Waals surface area contributed by atoms with Gasteiger partial charge >= 0.3 is 0 Å². The highest BCUT2D eigenvalue weighted by Gasteiger charge is 2.05. The smallest absolute Gasteiger partial charge is 0.148 e. The van der Waals surface area contributed by atoms with Crippen LogP contribution >= 0.6 is 0 Å². The molecule has 0 saturated carbocycles. The Morgan fingerprint density at radius 2 is 2.00 bits per heavy atom. The molecule has 1 rings (SSSR count). The van der Waals surface area contributed by atoms with Crippen molar-refractivity contribution in [1.82, 2.24) is 0 Å². The van der Waals surface area contributed by atoms with E-state index < -0.39 is 0 Å². The Balaban J connectivity index is 2.41. The Kier molecular flexibility index (Phi) is 5.05. The molecular weight excluding hydrogens is 188 g/mol. The van der Waals surface area contributed by atoms with Crippen molar-refractivity contribution in [2.45, 2.75) is 39.4 Å². The van der Waals surface area contributed by atoms with Gasteiger partial charge in [-0.15, -0.1) is 0 Å². The molecule has 0 saturated heterocycles. The first-order valence-corrected chi connectivity index (χ1v) is 5.38. The highest BCUT2D eigenvalue weighted by molar-refractivity contribution is 5.55. The van der Waals surface area contributed by atoms with Gasteiger partial charge < -0.3 is 9.53 Å². The third-order valence-corrected chi connectivity index (χ3v) is 2.31. The summed E-state index contributed by atoms with van der Waals surface area (Å²) in [4.78, 5) is 10.6. The minimum absolute atomic E-state index is 0.253. The van der Waals surface area contributed by atoms with Crippen molar-refractivity contribution < 1.29 is 9.53 Å². The molecule has 1 unspecified atom stereocenters. The molecule has 0 spiro atoms. The predicted octanol–water partition coefficient (Wildman–Crippen LogP) is 2.88. The van der Waals surface area contributed by atoms with Crippen LogP contribution in [0.4, 0.5) is 0 Å². The van der Waals surface area contributed by atoms with Crippen LogP contribution in [-0.2, 0) is 16.1 Å². The summed E-state index contributed by atoms with van der Waals surface area (Å²) in [5.74, 6) is 0. The van der Waals surface area contributed by atoms with Gasteiger partial charge in [0, 0.05) is 0 Å². The molecule has 0 radical (unpaired) electrons. The Hall–Kier alpha value is -1.15. The van der Waals surface area contributed by atoms with Crippen LogP contribution in [0.2, 0.25) is 0 Å². The van der Waals surface area contributed by atoms with Gasteiger partial charge in [0.05, 0.1) is 6.61 Å². The van der Waals surface area contributed by atoms with E-state index in [2.05, 4.69) is 19.1 Å². The molecule has 82 valence electrons. The van der Waals surface area contributed by atoms with Gasteiger partial charge in [0.2, 0.25) is 0 Å². The van der Waals surface area contributed by atoms with Gasteiger partial charge in [-0.2, -0.15) is 0 Å². The minimum atomic E-state index is -0.253. The molecule has 0 aliphatic carbocycles. The quantitative estimate of drug-likeness (QED) is 0.669. The van der Waals surface area contributed by atoms with Gasteiger partial charge in [-0.3, -0.25) is 0 Å². The number of aryl methyl sites for hydroxylation is 1. The summed E-state index contributed by atoms with van der Waals surface area (Å²) in [5.41, 5.74) is 2.35. The number of hydrogen-bond donors (Lipinski definition) is 0. The Bertz CT molecular complexity index is 290. The van der Waals surface area contributed by atoms with Crippen LogP contribution in [0.5, 0.6) is 0 Å². The molecular formula is C13H18O2. The van der Waals surface area contributed by atoms with E-state index >= 15 is 0 Å². The van der Waals surface area contributed by atoms with Crippen LogP contribution in [0.1, 0.15) is 30.9 Å². The molecule has 0 aromatic heterocycles. The van der Waals surface area contributed by atoms with Crippen molar-refractivity contribution in [2.75, 3.05) is 0 Å². The Morgan fingerprint density at radius 1 is 1.33 bits per heavy atom. The fraction of sp³-hybridized carbons (Fsp3) is 0.462. The minimum Gasteiger partial charge on any atom is -0.366 e. The van der Waals surface area contributed by atoms with E-state index in [1.54, 1.807) is 0 Å². The lowest BCUT2D eigenvalue weighted by atomic mass is 10.1. The molecule has 1 aromatic carbocycles. The molecule has 2 heteroatoms. The van der Waals surface area contributed by atoms with Gasteiger partial charge in [0.15, 0.2) is 0 Å². The number of carbonyl (C=O) groups is 1. The fourth-order valence-electron chi connectivity index (χ4n) is 1.36. The lowest BCUT2D eigenvalue weighted by molar-refractivity contribution is -0.119. The standard InChI is InChI=1S/C13H18O2/c1-3-4-13(9-14)15-10-12-7-5-11(2)6-8-12/h5-9,13H,3-4,10H2,1-2H3. The van der Waals surface area contributed by atoms with Gasteiger partial charge in [0.25, 0.3) is 0 Å². The zero-order chi connectivity index (χ0) is 11.1. The van der Waals surface area contributed by atoms with Crippen LogP contribution in [0.25, 0.3) is 0 Å². The molecule has 0 N–H and O–H groups in total. The van der Waals surface area contributed by atoms with Crippen LogP contribution in [0, 0.1) is 6.92 Å². The van der Waals surface area contributed by atoms with Crippen LogP contribution in [0.15, 0.2) is 24.3 Å². The summed E-state index contributed by atoms with van der Waals surface area (Å²) in [6.45, 7) is 4.62. The summed E-state index contributed by atoms with van der Waals surface area (Å²) in [6.07, 6.45) is 2.40. The second-order valence-corrected chi connectivity index (χ2v) is 3.76.